The summed E-state index contributed by atoms with van der Waals surface area (Å²) in [6.45, 7) is 2.79. The molecule has 1 aromatic rings. The van der Waals surface area contributed by atoms with Gasteiger partial charge in [-0.2, -0.15) is 0 Å². The van der Waals surface area contributed by atoms with E-state index < -0.39 is 4.92 Å². The molecule has 0 amide bonds. The number of hydrogen-bond acceptors (Lipinski definition) is 3. The van der Waals surface area contributed by atoms with E-state index in [9.17, 15) is 10.1 Å². The fourth-order valence-electron chi connectivity index (χ4n) is 1.78. The molecule has 0 saturated heterocycles. The minimum Gasteiger partial charge on any atom is -0.492 e. The van der Waals surface area contributed by atoms with Gasteiger partial charge in [-0.05, 0) is 12.5 Å². The van der Waals surface area contributed by atoms with Crippen LogP contribution in [-0.4, -0.2) is 11.5 Å². The Bertz CT molecular complexity index is 410. The lowest BCUT2D eigenvalue weighted by molar-refractivity contribution is -0.384. The molecular weight excluding hydrogens is 266 g/mol. The lowest BCUT2D eigenvalue weighted by Gasteiger charge is -2.07. The summed E-state index contributed by atoms with van der Waals surface area (Å²) in [6, 6.07) is 4.28. The number of nitrogens with zero attached hydrogens (tertiary/aromatic N) is 1. The van der Waals surface area contributed by atoms with Crippen molar-refractivity contribution in [2.45, 2.75) is 45.4 Å². The number of hydrogen-bond donors (Lipinski definition) is 0. The number of unbranched alkanes of at least 4 members (excludes halogenated alkanes) is 5. The van der Waals surface area contributed by atoms with Crippen LogP contribution in [0.4, 0.5) is 5.69 Å². The predicted molar refractivity (Wildman–Crippen MR) is 77.0 cm³/mol. The van der Waals surface area contributed by atoms with Gasteiger partial charge in [-0.25, -0.2) is 0 Å². The van der Waals surface area contributed by atoms with Gasteiger partial charge in [0.1, 0.15) is 5.75 Å². The van der Waals surface area contributed by atoms with Crippen LogP contribution in [0.25, 0.3) is 0 Å². The number of nitro benzene ring substituents is 1. The van der Waals surface area contributed by atoms with Gasteiger partial charge in [-0.3, -0.25) is 10.1 Å². The third-order valence-electron chi connectivity index (χ3n) is 2.88. The maximum absolute atomic E-state index is 10.6. The van der Waals surface area contributed by atoms with Crippen molar-refractivity contribution < 1.29 is 9.66 Å². The molecule has 0 aliphatic carbocycles. The van der Waals surface area contributed by atoms with Gasteiger partial charge in [0.15, 0.2) is 0 Å². The SMILES string of the molecule is CCCCCCCCOc1ccc([N+](=O)[O-])cc1Cl. The van der Waals surface area contributed by atoms with Crippen LogP contribution < -0.4 is 4.74 Å². The number of non-ortho nitro benzene ring substituents is 1. The monoisotopic (exact) mass is 285 g/mol. The molecule has 0 radical (unpaired) electrons. The van der Waals surface area contributed by atoms with E-state index in [-0.39, 0.29) is 5.69 Å². The van der Waals surface area contributed by atoms with Crippen LogP contribution >= 0.6 is 11.6 Å². The largest absolute Gasteiger partial charge is 0.492 e. The quantitative estimate of drug-likeness (QED) is 0.365. The third-order valence-corrected chi connectivity index (χ3v) is 3.18. The highest BCUT2D eigenvalue weighted by Crippen LogP contribution is 2.28. The van der Waals surface area contributed by atoms with E-state index in [1.54, 1.807) is 6.07 Å². The van der Waals surface area contributed by atoms with Crippen LogP contribution in [0.2, 0.25) is 5.02 Å². The fraction of sp³-hybridized carbons (Fsp3) is 0.571. The molecular formula is C14H20ClNO3. The van der Waals surface area contributed by atoms with Gasteiger partial charge in [0.2, 0.25) is 0 Å². The summed E-state index contributed by atoms with van der Waals surface area (Å²) in [5.74, 6) is 0.515. The Morgan fingerprint density at radius 2 is 1.89 bits per heavy atom. The van der Waals surface area contributed by atoms with Crippen molar-refractivity contribution in [3.8, 4) is 5.75 Å². The van der Waals surface area contributed by atoms with Crippen molar-refractivity contribution in [2.24, 2.45) is 0 Å². The summed E-state index contributed by atoms with van der Waals surface area (Å²) in [6.07, 6.45) is 7.16. The minimum atomic E-state index is -0.469. The van der Waals surface area contributed by atoms with Crippen LogP contribution in [0.1, 0.15) is 45.4 Å². The van der Waals surface area contributed by atoms with E-state index in [4.69, 9.17) is 16.3 Å². The first-order chi connectivity index (χ1) is 9.15. The summed E-state index contributed by atoms with van der Waals surface area (Å²) in [5, 5.41) is 10.8. The van der Waals surface area contributed by atoms with Crippen LogP contribution in [0, 0.1) is 10.1 Å². The molecule has 5 heteroatoms. The third kappa shape index (κ3) is 5.92. The topological polar surface area (TPSA) is 52.4 Å². The Kier molecular flexibility index (Phi) is 7.26. The molecule has 0 unspecified atom stereocenters. The second-order valence-electron chi connectivity index (χ2n) is 4.49. The lowest BCUT2D eigenvalue weighted by atomic mass is 10.1. The van der Waals surface area contributed by atoms with Gasteiger partial charge in [0.05, 0.1) is 16.6 Å². The number of halogens is 1. The molecule has 4 nitrogen and oxygen atoms in total. The summed E-state index contributed by atoms with van der Waals surface area (Å²) >= 11 is 5.93. The van der Waals surface area contributed by atoms with Crippen molar-refractivity contribution in [3.05, 3.63) is 33.3 Å². The Labute approximate surface area is 118 Å². The maximum atomic E-state index is 10.6. The van der Waals surface area contributed by atoms with Gasteiger partial charge < -0.3 is 4.74 Å². The number of nitro groups is 1. The van der Waals surface area contributed by atoms with Crippen molar-refractivity contribution in [3.63, 3.8) is 0 Å². The smallest absolute Gasteiger partial charge is 0.271 e. The first kappa shape index (κ1) is 15.8. The van der Waals surface area contributed by atoms with Crippen molar-refractivity contribution in [1.29, 1.82) is 0 Å². The van der Waals surface area contributed by atoms with Gasteiger partial charge >= 0.3 is 0 Å². The molecule has 1 rings (SSSR count). The molecule has 0 N–H and O–H groups in total. The molecule has 0 fully saturated rings. The van der Waals surface area contributed by atoms with Crippen LogP contribution in [0.3, 0.4) is 0 Å². The van der Waals surface area contributed by atoms with Gasteiger partial charge in [-0.1, -0.05) is 50.6 Å². The fourth-order valence-corrected chi connectivity index (χ4v) is 2.01. The number of ether oxygens (including phenoxy) is 1. The van der Waals surface area contributed by atoms with Crippen molar-refractivity contribution in [2.75, 3.05) is 6.61 Å². The molecule has 0 aromatic heterocycles. The van der Waals surface area contributed by atoms with E-state index in [2.05, 4.69) is 6.92 Å². The van der Waals surface area contributed by atoms with Crippen molar-refractivity contribution >= 4 is 17.3 Å². The molecule has 0 spiro atoms. The van der Waals surface area contributed by atoms with Gasteiger partial charge in [0.25, 0.3) is 5.69 Å². The van der Waals surface area contributed by atoms with E-state index in [0.717, 1.165) is 12.8 Å². The van der Waals surface area contributed by atoms with E-state index >= 15 is 0 Å². The average Bonchev–Trinajstić information content (AvgIpc) is 2.39. The van der Waals surface area contributed by atoms with E-state index in [0.29, 0.717) is 17.4 Å². The second-order valence-corrected chi connectivity index (χ2v) is 4.90. The summed E-state index contributed by atoms with van der Waals surface area (Å²) < 4.78 is 5.52. The second kappa shape index (κ2) is 8.75. The first-order valence-corrected chi connectivity index (χ1v) is 7.09. The standard InChI is InChI=1S/C14H20ClNO3/c1-2-3-4-5-6-7-10-19-14-9-8-12(16(17)18)11-13(14)15/h8-9,11H,2-7,10H2,1H3. The Morgan fingerprint density at radius 3 is 2.53 bits per heavy atom. The molecule has 19 heavy (non-hydrogen) atoms. The van der Waals surface area contributed by atoms with E-state index in [1.807, 2.05) is 0 Å². The maximum Gasteiger partial charge on any atom is 0.271 e. The highest BCUT2D eigenvalue weighted by Gasteiger charge is 2.09. The van der Waals surface area contributed by atoms with Crippen LogP contribution in [0.5, 0.6) is 5.75 Å². The highest BCUT2D eigenvalue weighted by atomic mass is 35.5. The van der Waals surface area contributed by atoms with Gasteiger partial charge in [0, 0.05) is 12.1 Å². The zero-order valence-corrected chi connectivity index (χ0v) is 12.0. The Balaban J connectivity index is 2.28. The first-order valence-electron chi connectivity index (χ1n) is 6.72. The van der Waals surface area contributed by atoms with Crippen molar-refractivity contribution in [1.82, 2.24) is 0 Å². The van der Waals surface area contributed by atoms with E-state index in [1.165, 1.54) is 37.8 Å². The molecule has 0 bridgehead atoms. The predicted octanol–water partition coefficient (Wildman–Crippen LogP) is 4.99. The summed E-state index contributed by atoms with van der Waals surface area (Å²) in [5.41, 5.74) is -0.0167. The molecule has 106 valence electrons. The summed E-state index contributed by atoms with van der Waals surface area (Å²) in [7, 11) is 0. The Hall–Kier alpha value is -1.29. The summed E-state index contributed by atoms with van der Waals surface area (Å²) in [4.78, 5) is 10.1. The molecule has 1 aromatic carbocycles. The Morgan fingerprint density at radius 1 is 1.21 bits per heavy atom. The zero-order chi connectivity index (χ0) is 14.1. The molecule has 0 heterocycles. The van der Waals surface area contributed by atoms with Crippen LogP contribution in [-0.2, 0) is 0 Å². The average molecular weight is 286 g/mol. The molecule has 0 aliphatic heterocycles. The molecule has 0 aliphatic rings. The zero-order valence-electron chi connectivity index (χ0n) is 11.2. The minimum absolute atomic E-state index is 0.0167. The molecule has 0 saturated carbocycles. The number of rotatable bonds is 9. The highest BCUT2D eigenvalue weighted by molar-refractivity contribution is 6.32. The lowest BCUT2D eigenvalue weighted by Crippen LogP contribution is -1.98. The van der Waals surface area contributed by atoms with Crippen LogP contribution in [0.15, 0.2) is 18.2 Å². The van der Waals surface area contributed by atoms with Gasteiger partial charge in [-0.15, -0.1) is 0 Å². The molecule has 0 atom stereocenters. The number of benzene rings is 1. The normalized spacial score (nSPS) is 10.4.